The van der Waals surface area contributed by atoms with Gasteiger partial charge in [0.2, 0.25) is 0 Å². The van der Waals surface area contributed by atoms with Crippen LogP contribution in [0.2, 0.25) is 25.7 Å². The predicted molar refractivity (Wildman–Crippen MR) is 159 cm³/mol. The Morgan fingerprint density at radius 2 is 1.77 bits per heavy atom. The van der Waals surface area contributed by atoms with Gasteiger partial charge in [-0.3, -0.25) is 15.4 Å². The number of halogens is 3. The van der Waals surface area contributed by atoms with Crippen molar-refractivity contribution >= 4 is 37.5 Å². The number of nitrogens with one attached hydrogen (secondary N) is 3. The molecule has 0 radical (unpaired) electrons. The highest BCUT2D eigenvalue weighted by molar-refractivity contribution is 6.76. The molecule has 3 N–H and O–H groups in total. The highest BCUT2D eigenvalue weighted by atomic mass is 28.3. The molecule has 1 aromatic carbocycles. The number of aromatic nitrogens is 2. The number of allylic oxidation sites excluding steroid dienone is 1. The number of ether oxygens (including phenoxy) is 3. The molecule has 15 heteroatoms. The molecule has 0 bridgehead atoms. The van der Waals surface area contributed by atoms with Gasteiger partial charge in [-0.25, -0.2) is 14.6 Å². The van der Waals surface area contributed by atoms with Gasteiger partial charge in [0, 0.05) is 44.7 Å². The number of hydrogen-bond donors (Lipinski definition) is 3. The van der Waals surface area contributed by atoms with Crippen LogP contribution in [0.1, 0.15) is 33.0 Å². The maximum Gasteiger partial charge on any atom is 0.471 e. The lowest BCUT2D eigenvalue weighted by Gasteiger charge is -2.18. The van der Waals surface area contributed by atoms with Crippen molar-refractivity contribution in [3.8, 4) is 11.3 Å². The van der Waals surface area contributed by atoms with Crippen molar-refractivity contribution in [2.45, 2.75) is 77.8 Å². The van der Waals surface area contributed by atoms with Gasteiger partial charge in [-0.05, 0) is 51.4 Å². The van der Waals surface area contributed by atoms with Crippen molar-refractivity contribution in [3.63, 3.8) is 0 Å². The summed E-state index contributed by atoms with van der Waals surface area (Å²) in [4.78, 5) is 39.9. The second-order valence-electron chi connectivity index (χ2n) is 11.8. The van der Waals surface area contributed by atoms with Gasteiger partial charge >= 0.3 is 24.3 Å². The quantitative estimate of drug-likeness (QED) is 0.180. The van der Waals surface area contributed by atoms with Crippen LogP contribution in [-0.2, 0) is 32.2 Å². The third-order valence-corrected chi connectivity index (χ3v) is 7.28. The van der Waals surface area contributed by atoms with Crippen LogP contribution in [0.4, 0.5) is 34.1 Å². The first-order chi connectivity index (χ1) is 19.9. The number of rotatable bonds is 12. The van der Waals surface area contributed by atoms with Crippen LogP contribution in [0.15, 0.2) is 36.7 Å². The number of hydrogen-bond acceptors (Lipinski definition) is 7. The Morgan fingerprint density at radius 1 is 1.07 bits per heavy atom. The van der Waals surface area contributed by atoms with Gasteiger partial charge < -0.3 is 24.1 Å². The Hall–Kier alpha value is -3.85. The molecular formula is C28H40F3N5O6Si. The first-order valence-corrected chi connectivity index (χ1v) is 17.2. The van der Waals surface area contributed by atoms with Crippen molar-refractivity contribution in [2.24, 2.45) is 0 Å². The molecule has 0 atom stereocenters. The van der Waals surface area contributed by atoms with E-state index in [1.807, 2.05) is 5.32 Å². The number of benzene rings is 1. The minimum Gasteiger partial charge on any atom is -0.453 e. The zero-order chi connectivity index (χ0) is 32.4. The Kier molecular flexibility index (Phi) is 12.4. The van der Waals surface area contributed by atoms with Crippen molar-refractivity contribution in [3.05, 3.63) is 42.5 Å². The van der Waals surface area contributed by atoms with Crippen LogP contribution in [0.5, 0.6) is 0 Å². The number of aryl methyl sites for hydroxylation is 1. The predicted octanol–water partition coefficient (Wildman–Crippen LogP) is 6.51. The average molecular weight is 628 g/mol. The van der Waals surface area contributed by atoms with E-state index < -0.39 is 37.9 Å². The van der Waals surface area contributed by atoms with Gasteiger partial charge in [-0.2, -0.15) is 13.2 Å². The van der Waals surface area contributed by atoms with Crippen LogP contribution >= 0.6 is 0 Å². The van der Waals surface area contributed by atoms with Crippen LogP contribution in [-0.4, -0.2) is 61.2 Å². The molecule has 43 heavy (non-hydrogen) atoms. The minimum atomic E-state index is -5.14. The molecule has 3 amide bonds. The zero-order valence-electron chi connectivity index (χ0n) is 25.5. The maximum atomic E-state index is 13.1. The normalized spacial score (nSPS) is 12.2. The van der Waals surface area contributed by atoms with Crippen LogP contribution in [0, 0.1) is 0 Å². The van der Waals surface area contributed by atoms with Crippen molar-refractivity contribution < 1.29 is 41.8 Å². The molecule has 0 aliphatic carbocycles. The number of carbonyl (C=O) groups is 3. The standard InChI is InChI=1S/C28H40F3N5O6Si/c1-27(2,3)42-25(38)32-13-9-8-10-23-34-22(17-36(23)18-41-14-15-43(5,6)7)20-12-11-19(33-26(39)40-4)16-21(20)35-24(37)28(29,30)31/h9,11-13,16-17H,8,10,14-15,18H2,1-7H3,(H,32,38)(H,33,39)(H,35,37). The van der Waals surface area contributed by atoms with E-state index in [4.69, 9.17) is 9.47 Å². The number of alkyl halides is 3. The Balaban J connectivity index is 2.35. The van der Waals surface area contributed by atoms with Gasteiger partial charge in [0.1, 0.15) is 18.2 Å². The average Bonchev–Trinajstić information content (AvgIpc) is 3.26. The number of carbonyl (C=O) groups excluding carboxylic acids is 3. The maximum absolute atomic E-state index is 13.1. The molecule has 0 unspecified atom stereocenters. The number of methoxy groups -OCH3 is 1. The summed E-state index contributed by atoms with van der Waals surface area (Å²) in [5.74, 6) is -1.62. The number of imidazole rings is 1. The highest BCUT2D eigenvalue weighted by Gasteiger charge is 2.39. The molecule has 2 rings (SSSR count). The molecule has 1 aromatic heterocycles. The topological polar surface area (TPSA) is 133 Å². The highest BCUT2D eigenvalue weighted by Crippen LogP contribution is 2.32. The van der Waals surface area contributed by atoms with E-state index in [0.717, 1.165) is 13.2 Å². The van der Waals surface area contributed by atoms with Gasteiger partial charge in [0.15, 0.2) is 0 Å². The summed E-state index contributed by atoms with van der Waals surface area (Å²) in [6.07, 6.45) is -0.909. The van der Waals surface area contributed by atoms with Crippen molar-refractivity contribution in [1.29, 1.82) is 0 Å². The van der Waals surface area contributed by atoms with E-state index >= 15 is 0 Å². The van der Waals surface area contributed by atoms with Crippen molar-refractivity contribution in [1.82, 2.24) is 14.9 Å². The van der Waals surface area contributed by atoms with Gasteiger partial charge in [-0.15, -0.1) is 0 Å². The van der Waals surface area contributed by atoms with E-state index in [0.29, 0.717) is 25.3 Å². The molecule has 0 aliphatic rings. The Labute approximate surface area is 250 Å². The molecule has 1 heterocycles. The van der Waals surface area contributed by atoms with E-state index in [-0.39, 0.29) is 29.4 Å². The van der Waals surface area contributed by atoms with Gasteiger partial charge in [0.05, 0.1) is 18.5 Å². The smallest absolute Gasteiger partial charge is 0.453 e. The number of alkyl carbamates (subject to hydrolysis) is 1. The van der Waals surface area contributed by atoms with Crippen LogP contribution in [0.3, 0.4) is 0 Å². The Bertz CT molecular complexity index is 1300. The number of amides is 3. The summed E-state index contributed by atoms with van der Waals surface area (Å²) in [6.45, 7) is 12.6. The van der Waals surface area contributed by atoms with Crippen LogP contribution < -0.4 is 16.0 Å². The van der Waals surface area contributed by atoms with Crippen LogP contribution in [0.25, 0.3) is 11.3 Å². The summed E-state index contributed by atoms with van der Waals surface area (Å²) < 4.78 is 56.7. The lowest BCUT2D eigenvalue weighted by atomic mass is 10.1. The molecule has 0 saturated carbocycles. The van der Waals surface area contributed by atoms with Crippen molar-refractivity contribution in [2.75, 3.05) is 24.4 Å². The summed E-state index contributed by atoms with van der Waals surface area (Å²) in [6, 6.07) is 5.00. The minimum absolute atomic E-state index is 0.102. The summed E-state index contributed by atoms with van der Waals surface area (Å²) >= 11 is 0. The number of nitrogens with zero attached hydrogens (tertiary/aromatic N) is 2. The largest absolute Gasteiger partial charge is 0.471 e. The first kappa shape index (κ1) is 35.3. The third-order valence-electron chi connectivity index (χ3n) is 5.57. The molecule has 2 aromatic rings. The fourth-order valence-electron chi connectivity index (χ4n) is 3.48. The lowest BCUT2D eigenvalue weighted by molar-refractivity contribution is -0.167. The molecular weight excluding hydrogens is 587 g/mol. The molecule has 11 nitrogen and oxygen atoms in total. The molecule has 0 aliphatic heterocycles. The molecule has 0 spiro atoms. The molecule has 0 fully saturated rings. The first-order valence-electron chi connectivity index (χ1n) is 13.5. The fraction of sp³-hybridized carbons (Fsp3) is 0.500. The SMILES string of the molecule is COC(=O)Nc1ccc(-c2cn(COCC[Si](C)(C)C)c(CCC=CNC(=O)OC(C)(C)C)n2)c(NC(=O)C(F)(F)F)c1. The lowest BCUT2D eigenvalue weighted by Crippen LogP contribution is -2.30. The number of anilines is 2. The monoisotopic (exact) mass is 627 g/mol. The van der Waals surface area contributed by atoms with E-state index in [9.17, 15) is 27.6 Å². The zero-order valence-corrected chi connectivity index (χ0v) is 26.5. The fourth-order valence-corrected chi connectivity index (χ4v) is 4.23. The molecule has 238 valence electrons. The van der Waals surface area contributed by atoms with E-state index in [1.54, 1.807) is 37.6 Å². The summed E-state index contributed by atoms with van der Waals surface area (Å²) in [5.41, 5.74) is -0.279. The summed E-state index contributed by atoms with van der Waals surface area (Å²) in [5, 5.41) is 6.76. The van der Waals surface area contributed by atoms with E-state index in [1.165, 1.54) is 24.4 Å². The van der Waals surface area contributed by atoms with Gasteiger partial charge in [-0.1, -0.05) is 25.7 Å². The molecule has 0 saturated heterocycles. The summed E-state index contributed by atoms with van der Waals surface area (Å²) in [7, 11) is -0.207. The second-order valence-corrected chi connectivity index (χ2v) is 17.4. The second kappa shape index (κ2) is 15.0. The van der Waals surface area contributed by atoms with E-state index in [2.05, 4.69) is 40.0 Å². The Morgan fingerprint density at radius 3 is 2.37 bits per heavy atom. The third kappa shape index (κ3) is 12.9. The van der Waals surface area contributed by atoms with Gasteiger partial charge in [0.25, 0.3) is 0 Å².